The highest BCUT2D eigenvalue weighted by Crippen LogP contribution is 2.39. The molecule has 0 amide bonds. The van der Waals surface area contributed by atoms with Crippen molar-refractivity contribution in [3.63, 3.8) is 0 Å². The van der Waals surface area contributed by atoms with Gasteiger partial charge in [-0.3, -0.25) is 9.36 Å². The Labute approximate surface area is 298 Å². The molecule has 0 radical (unpaired) electrons. The van der Waals surface area contributed by atoms with Crippen molar-refractivity contribution < 1.29 is 23.7 Å². The van der Waals surface area contributed by atoms with Gasteiger partial charge in [0.25, 0.3) is 5.56 Å². The molecule has 0 unspecified atom stereocenters. The van der Waals surface area contributed by atoms with Crippen LogP contribution in [0.4, 0.5) is 0 Å². The molecule has 1 aromatic heterocycles. The monoisotopic (exact) mass is 790 g/mol. The number of rotatable bonds is 9. The van der Waals surface area contributed by atoms with E-state index in [0.29, 0.717) is 54.5 Å². The number of benzene rings is 4. The predicted octanol–water partition coefficient (Wildman–Crippen LogP) is 7.46. The fraction of sp³-hybridized carbons (Fsp3) is 0.216. The summed E-state index contributed by atoms with van der Waals surface area (Å²) in [7, 11) is 3.13. The molecule has 6 rings (SSSR count). The van der Waals surface area contributed by atoms with Gasteiger partial charge in [-0.1, -0.05) is 69.7 Å². The van der Waals surface area contributed by atoms with Gasteiger partial charge in [0.15, 0.2) is 16.3 Å². The molecule has 2 heterocycles. The molecule has 1 aliphatic rings. The van der Waals surface area contributed by atoms with Crippen LogP contribution in [0.15, 0.2) is 103 Å². The smallest absolute Gasteiger partial charge is 0.338 e. The molecule has 0 N–H and O–H groups in total. The molecule has 0 aliphatic carbocycles. The van der Waals surface area contributed by atoms with Crippen molar-refractivity contribution in [1.29, 1.82) is 0 Å². The van der Waals surface area contributed by atoms with Crippen molar-refractivity contribution in [3.05, 3.63) is 129 Å². The van der Waals surface area contributed by atoms with Crippen LogP contribution in [0.5, 0.6) is 17.2 Å². The maximum Gasteiger partial charge on any atom is 0.338 e. The zero-order valence-corrected chi connectivity index (χ0v) is 30.9. The van der Waals surface area contributed by atoms with Crippen molar-refractivity contribution in [2.45, 2.75) is 39.5 Å². The molecule has 0 bridgehead atoms. The number of aromatic nitrogens is 1. The Morgan fingerprint density at radius 2 is 1.75 bits per heavy atom. The van der Waals surface area contributed by atoms with Crippen LogP contribution < -0.4 is 29.1 Å². The Hall–Kier alpha value is -4.19. The number of halogens is 2. The van der Waals surface area contributed by atoms with Crippen molar-refractivity contribution in [2.24, 2.45) is 4.99 Å². The van der Waals surface area contributed by atoms with Crippen molar-refractivity contribution in [2.75, 3.05) is 14.2 Å². The van der Waals surface area contributed by atoms with E-state index in [-0.39, 0.29) is 17.2 Å². The van der Waals surface area contributed by atoms with Gasteiger partial charge in [-0.25, -0.2) is 9.79 Å². The van der Waals surface area contributed by atoms with Crippen LogP contribution in [0, 0.1) is 0 Å². The highest BCUT2D eigenvalue weighted by Gasteiger charge is 2.35. The van der Waals surface area contributed by atoms with Gasteiger partial charge in [-0.05, 0) is 95.0 Å². The second kappa shape index (κ2) is 14.1. The molecule has 48 heavy (non-hydrogen) atoms. The molecule has 246 valence electrons. The number of hydrogen-bond acceptors (Lipinski definition) is 8. The molecular weight excluding hydrogens is 760 g/mol. The summed E-state index contributed by atoms with van der Waals surface area (Å²) in [4.78, 5) is 32.9. The van der Waals surface area contributed by atoms with Gasteiger partial charge in [0.05, 0.1) is 40.6 Å². The lowest BCUT2D eigenvalue weighted by Gasteiger charge is -2.26. The second-order valence-corrected chi connectivity index (χ2v) is 14.2. The van der Waals surface area contributed by atoms with Crippen molar-refractivity contribution in [1.82, 2.24) is 4.57 Å². The Morgan fingerprint density at radius 3 is 2.50 bits per heavy atom. The average Bonchev–Trinajstić information content (AvgIpc) is 3.36. The van der Waals surface area contributed by atoms with E-state index in [0.717, 1.165) is 20.8 Å². The molecule has 1 aliphatic heterocycles. The van der Waals surface area contributed by atoms with E-state index in [2.05, 4.69) is 50.1 Å². The minimum Gasteiger partial charge on any atom is -0.496 e. The number of thiazole rings is 1. The first kappa shape index (κ1) is 33.7. The molecule has 0 saturated heterocycles. The van der Waals surface area contributed by atoms with Gasteiger partial charge in [-0.2, -0.15) is 0 Å². The third-order valence-electron chi connectivity index (χ3n) is 7.87. The van der Waals surface area contributed by atoms with Crippen LogP contribution in [0.3, 0.4) is 0 Å². The zero-order valence-electron chi connectivity index (χ0n) is 26.9. The summed E-state index contributed by atoms with van der Waals surface area (Å²) in [5.41, 5.74) is 2.83. The SMILES string of the molecule is COc1ccc(Br)cc1[C@@H]1C(C(=O)OC(C)C)=C(C)N=c2s/c(=C\c3cc(Br)c(OCc4cccc5ccccc45)c(OC)c3)c(=O)n21. The first-order chi connectivity index (χ1) is 23.1. The summed E-state index contributed by atoms with van der Waals surface area (Å²) in [5, 5.41) is 2.26. The lowest BCUT2D eigenvalue weighted by atomic mass is 9.95. The molecule has 1 atom stereocenters. The van der Waals surface area contributed by atoms with Crippen LogP contribution in [-0.2, 0) is 16.1 Å². The fourth-order valence-corrected chi connectivity index (χ4v) is 7.76. The maximum absolute atomic E-state index is 14.2. The number of hydrogen-bond donors (Lipinski definition) is 0. The first-order valence-corrected chi connectivity index (χ1v) is 17.5. The third-order valence-corrected chi connectivity index (χ3v) is 9.94. The molecule has 0 fully saturated rings. The molecular formula is C37H32Br2N2O6S. The van der Waals surface area contributed by atoms with Crippen LogP contribution in [0.2, 0.25) is 0 Å². The number of carbonyl (C=O) groups excluding carboxylic acids is 1. The van der Waals surface area contributed by atoms with Gasteiger partial charge in [-0.15, -0.1) is 0 Å². The van der Waals surface area contributed by atoms with Crippen LogP contribution in [-0.4, -0.2) is 30.9 Å². The summed E-state index contributed by atoms with van der Waals surface area (Å²) >= 11 is 8.45. The highest BCUT2D eigenvalue weighted by molar-refractivity contribution is 9.10. The third kappa shape index (κ3) is 6.59. The lowest BCUT2D eigenvalue weighted by molar-refractivity contribution is -0.143. The molecule has 0 saturated carbocycles. The number of fused-ring (bicyclic) bond motifs is 2. The molecule has 0 spiro atoms. The van der Waals surface area contributed by atoms with Crippen LogP contribution in [0.25, 0.3) is 16.8 Å². The lowest BCUT2D eigenvalue weighted by Crippen LogP contribution is -2.40. The Bertz CT molecular complexity index is 2270. The van der Waals surface area contributed by atoms with Crippen molar-refractivity contribution >= 4 is 66.0 Å². The van der Waals surface area contributed by atoms with E-state index in [9.17, 15) is 9.59 Å². The summed E-state index contributed by atoms with van der Waals surface area (Å²) in [6.07, 6.45) is 1.42. The van der Waals surface area contributed by atoms with E-state index in [1.807, 2.05) is 48.5 Å². The molecule has 8 nitrogen and oxygen atoms in total. The maximum atomic E-state index is 14.2. The highest BCUT2D eigenvalue weighted by atomic mass is 79.9. The van der Waals surface area contributed by atoms with E-state index < -0.39 is 12.0 Å². The molecule has 11 heteroatoms. The standard InChI is InChI=1S/C37H32Br2N2O6S/c1-20(2)47-36(43)32-21(3)40-37-41(33(32)27-18-25(38)13-14-29(27)44-4)35(42)31(48-37)17-22-15-28(39)34(30(16-22)45-5)46-19-24-11-8-10-23-9-6-7-12-26(23)24/h6-18,20,33H,19H2,1-5H3/b31-17-/t33-/m1/s1. The Morgan fingerprint density at radius 1 is 1.00 bits per heavy atom. The fourth-order valence-electron chi connectivity index (χ4n) is 5.76. The number of ether oxygens (including phenoxy) is 4. The van der Waals surface area contributed by atoms with Crippen LogP contribution in [0.1, 0.15) is 43.5 Å². The van der Waals surface area contributed by atoms with E-state index >= 15 is 0 Å². The normalized spacial score (nSPS) is 14.6. The van der Waals surface area contributed by atoms with E-state index in [4.69, 9.17) is 23.9 Å². The summed E-state index contributed by atoms with van der Waals surface area (Å²) in [6.45, 7) is 5.66. The Kier molecular flexibility index (Phi) is 9.91. The average molecular weight is 793 g/mol. The largest absolute Gasteiger partial charge is 0.496 e. The molecule has 5 aromatic rings. The Balaban J connectivity index is 1.42. The number of esters is 1. The summed E-state index contributed by atoms with van der Waals surface area (Å²) < 4.78 is 26.8. The second-order valence-electron chi connectivity index (χ2n) is 11.4. The van der Waals surface area contributed by atoms with Gasteiger partial charge < -0.3 is 18.9 Å². The summed E-state index contributed by atoms with van der Waals surface area (Å²) in [5.74, 6) is 1.04. The minimum atomic E-state index is -0.826. The van der Waals surface area contributed by atoms with Crippen LogP contribution >= 0.6 is 43.2 Å². The first-order valence-electron chi connectivity index (χ1n) is 15.1. The number of allylic oxidation sites excluding steroid dienone is 1. The zero-order chi connectivity index (χ0) is 34.1. The topological polar surface area (TPSA) is 88.4 Å². The summed E-state index contributed by atoms with van der Waals surface area (Å²) in [6, 6.07) is 22.7. The minimum absolute atomic E-state index is 0.274. The van der Waals surface area contributed by atoms with Gasteiger partial charge in [0.2, 0.25) is 0 Å². The number of methoxy groups -OCH3 is 2. The van der Waals surface area contributed by atoms with Crippen molar-refractivity contribution in [3.8, 4) is 17.2 Å². The van der Waals surface area contributed by atoms with E-state index in [1.54, 1.807) is 51.7 Å². The van der Waals surface area contributed by atoms with Gasteiger partial charge in [0, 0.05) is 10.0 Å². The van der Waals surface area contributed by atoms with Gasteiger partial charge in [0.1, 0.15) is 18.4 Å². The molecule has 4 aromatic carbocycles. The van der Waals surface area contributed by atoms with E-state index in [1.165, 1.54) is 11.3 Å². The quantitative estimate of drug-likeness (QED) is 0.144. The number of carbonyl (C=O) groups is 1. The number of nitrogens with zero attached hydrogens (tertiary/aromatic N) is 2. The van der Waals surface area contributed by atoms with Gasteiger partial charge >= 0.3 is 5.97 Å². The predicted molar refractivity (Wildman–Crippen MR) is 195 cm³/mol.